The lowest BCUT2D eigenvalue weighted by Gasteiger charge is -2.07. The van der Waals surface area contributed by atoms with Crippen molar-refractivity contribution in [1.29, 1.82) is 0 Å². The van der Waals surface area contributed by atoms with Gasteiger partial charge in [0, 0.05) is 0 Å². The van der Waals surface area contributed by atoms with E-state index in [-0.39, 0.29) is 4.91 Å². The van der Waals surface area contributed by atoms with Crippen LogP contribution in [0.25, 0.3) is 6.08 Å². The molecule has 1 aliphatic rings. The Morgan fingerprint density at radius 1 is 1.35 bits per heavy atom. The molecule has 2 rings (SSSR count). The normalized spacial score (nSPS) is 16.9. The van der Waals surface area contributed by atoms with E-state index < -0.39 is 23.7 Å². The van der Waals surface area contributed by atoms with Gasteiger partial charge in [0.2, 0.25) is 0 Å². The number of benzene rings is 1. The number of carbonyl (C=O) groups excluding carboxylic acids is 2. The largest absolute Gasteiger partial charge is 0.497 e. The molecule has 20 heavy (non-hydrogen) atoms. The number of hydrogen-bond donors (Lipinski definition) is 1. The Hall–Kier alpha value is -2.28. The molecule has 104 valence electrons. The van der Waals surface area contributed by atoms with Crippen LogP contribution in [-0.4, -0.2) is 40.8 Å². The minimum Gasteiger partial charge on any atom is -0.497 e. The first-order valence-electron chi connectivity index (χ1n) is 5.62. The lowest BCUT2D eigenvalue weighted by Crippen LogP contribution is -2.33. The Morgan fingerprint density at radius 3 is 2.55 bits per heavy atom. The van der Waals surface area contributed by atoms with Gasteiger partial charge in [-0.3, -0.25) is 19.3 Å². The summed E-state index contributed by atoms with van der Waals surface area (Å²) < 4.78 is 5.02. The van der Waals surface area contributed by atoms with Gasteiger partial charge in [0.05, 0.1) is 12.0 Å². The van der Waals surface area contributed by atoms with Gasteiger partial charge in [0.1, 0.15) is 12.3 Å². The van der Waals surface area contributed by atoms with Crippen LogP contribution >= 0.6 is 11.8 Å². The molecule has 2 amide bonds. The molecule has 0 bridgehead atoms. The van der Waals surface area contributed by atoms with Crippen LogP contribution in [0.4, 0.5) is 4.79 Å². The van der Waals surface area contributed by atoms with Crippen LogP contribution in [0.5, 0.6) is 5.75 Å². The highest BCUT2D eigenvalue weighted by atomic mass is 32.2. The topological polar surface area (TPSA) is 83.9 Å². The number of methoxy groups -OCH3 is 1. The van der Waals surface area contributed by atoms with E-state index in [1.807, 2.05) is 0 Å². The van der Waals surface area contributed by atoms with E-state index in [0.717, 1.165) is 17.3 Å². The molecule has 0 radical (unpaired) electrons. The average Bonchev–Trinajstić information content (AvgIpc) is 2.67. The summed E-state index contributed by atoms with van der Waals surface area (Å²) in [6.45, 7) is -0.620. The fraction of sp³-hybridized carbons (Fsp3) is 0.154. The van der Waals surface area contributed by atoms with Gasteiger partial charge in [-0.05, 0) is 35.5 Å². The van der Waals surface area contributed by atoms with Gasteiger partial charge in [-0.25, -0.2) is 0 Å². The number of imide groups is 1. The molecule has 7 heteroatoms. The lowest BCUT2D eigenvalue weighted by atomic mass is 10.2. The minimum atomic E-state index is -1.22. The molecule has 1 heterocycles. The summed E-state index contributed by atoms with van der Waals surface area (Å²) >= 11 is 0.733. The van der Waals surface area contributed by atoms with Crippen molar-refractivity contribution in [3.8, 4) is 5.75 Å². The smallest absolute Gasteiger partial charge is 0.323 e. The number of amides is 2. The van der Waals surface area contributed by atoms with Crippen molar-refractivity contribution in [2.75, 3.05) is 13.7 Å². The van der Waals surface area contributed by atoms with E-state index in [4.69, 9.17) is 9.84 Å². The van der Waals surface area contributed by atoms with E-state index >= 15 is 0 Å². The molecule has 0 spiro atoms. The van der Waals surface area contributed by atoms with Gasteiger partial charge in [-0.2, -0.15) is 0 Å². The second kappa shape index (κ2) is 5.79. The number of ether oxygens (including phenoxy) is 1. The van der Waals surface area contributed by atoms with Crippen molar-refractivity contribution in [2.24, 2.45) is 0 Å². The molecule has 0 saturated carbocycles. The highest BCUT2D eigenvalue weighted by molar-refractivity contribution is 8.18. The van der Waals surface area contributed by atoms with Gasteiger partial charge in [-0.1, -0.05) is 12.1 Å². The van der Waals surface area contributed by atoms with Crippen molar-refractivity contribution in [2.45, 2.75) is 0 Å². The Morgan fingerprint density at radius 2 is 2.00 bits per heavy atom. The Balaban J connectivity index is 2.20. The van der Waals surface area contributed by atoms with E-state index in [2.05, 4.69) is 0 Å². The molecule has 0 unspecified atom stereocenters. The summed E-state index contributed by atoms with van der Waals surface area (Å²) in [4.78, 5) is 35.0. The fourth-order valence-corrected chi connectivity index (χ4v) is 2.46. The standard InChI is InChI=1S/C13H11NO5S/c1-19-9-4-2-8(3-5-9)6-10-12(17)14(7-11(15)16)13(18)20-10/h2-6H,7H2,1H3,(H,15,16)/b10-6+. The number of rotatable bonds is 4. The number of thioether (sulfide) groups is 1. The molecule has 1 aromatic rings. The maximum absolute atomic E-state index is 11.9. The average molecular weight is 293 g/mol. The van der Waals surface area contributed by atoms with Gasteiger partial charge in [0.25, 0.3) is 11.1 Å². The summed E-state index contributed by atoms with van der Waals surface area (Å²) in [5, 5.41) is 8.08. The molecule has 1 saturated heterocycles. The fourth-order valence-electron chi connectivity index (χ4n) is 1.62. The first kappa shape index (κ1) is 14.1. The molecule has 0 aliphatic carbocycles. The van der Waals surface area contributed by atoms with E-state index in [9.17, 15) is 14.4 Å². The van der Waals surface area contributed by atoms with Crippen LogP contribution in [0.1, 0.15) is 5.56 Å². The molecular formula is C13H11NO5S. The van der Waals surface area contributed by atoms with Crippen molar-refractivity contribution in [3.05, 3.63) is 34.7 Å². The second-order valence-corrected chi connectivity index (χ2v) is 4.93. The van der Waals surface area contributed by atoms with Gasteiger partial charge in [-0.15, -0.1) is 0 Å². The summed E-state index contributed by atoms with van der Waals surface area (Å²) in [6, 6.07) is 6.94. The Kier molecular flexibility index (Phi) is 4.09. The molecular weight excluding hydrogens is 282 g/mol. The van der Waals surface area contributed by atoms with Crippen molar-refractivity contribution < 1.29 is 24.2 Å². The van der Waals surface area contributed by atoms with Crippen LogP contribution in [0.2, 0.25) is 0 Å². The van der Waals surface area contributed by atoms with Crippen LogP contribution in [0, 0.1) is 0 Å². The van der Waals surface area contributed by atoms with Crippen molar-refractivity contribution in [3.63, 3.8) is 0 Å². The van der Waals surface area contributed by atoms with Crippen molar-refractivity contribution >= 4 is 35.0 Å². The Labute approximate surface area is 119 Å². The lowest BCUT2D eigenvalue weighted by molar-refractivity contribution is -0.140. The number of aliphatic carboxylic acids is 1. The molecule has 1 aliphatic heterocycles. The third kappa shape index (κ3) is 3.00. The number of carboxylic acids is 1. The van der Waals surface area contributed by atoms with Gasteiger partial charge >= 0.3 is 5.97 Å². The summed E-state index contributed by atoms with van der Waals surface area (Å²) in [5.41, 5.74) is 0.728. The Bertz CT molecular complexity index is 593. The van der Waals surface area contributed by atoms with Crippen LogP contribution in [0.3, 0.4) is 0 Å². The number of hydrogen-bond acceptors (Lipinski definition) is 5. The van der Waals surface area contributed by atoms with E-state index in [1.54, 1.807) is 37.5 Å². The predicted octanol–water partition coefficient (Wildman–Crippen LogP) is 1.82. The monoisotopic (exact) mass is 293 g/mol. The van der Waals surface area contributed by atoms with Crippen LogP contribution < -0.4 is 4.74 Å². The summed E-state index contributed by atoms with van der Waals surface area (Å²) in [5.74, 6) is -1.13. The zero-order chi connectivity index (χ0) is 14.7. The second-order valence-electron chi connectivity index (χ2n) is 3.93. The summed E-state index contributed by atoms with van der Waals surface area (Å²) in [6.07, 6.45) is 1.55. The predicted molar refractivity (Wildman–Crippen MR) is 73.3 cm³/mol. The van der Waals surface area contributed by atoms with Crippen LogP contribution in [0.15, 0.2) is 29.2 Å². The number of carboxylic acid groups (broad SMARTS) is 1. The SMILES string of the molecule is COc1ccc(/C=C2/SC(=O)N(CC(=O)O)C2=O)cc1. The quantitative estimate of drug-likeness (QED) is 0.852. The molecule has 6 nitrogen and oxygen atoms in total. The molecule has 0 aromatic heterocycles. The highest BCUT2D eigenvalue weighted by Crippen LogP contribution is 2.32. The van der Waals surface area contributed by atoms with Gasteiger partial charge in [0.15, 0.2) is 0 Å². The third-order valence-corrected chi connectivity index (χ3v) is 3.49. The molecule has 0 atom stereocenters. The minimum absolute atomic E-state index is 0.210. The zero-order valence-corrected chi connectivity index (χ0v) is 11.3. The third-order valence-electron chi connectivity index (χ3n) is 2.58. The number of nitrogens with zero attached hydrogens (tertiary/aromatic N) is 1. The van der Waals surface area contributed by atoms with Gasteiger partial charge < -0.3 is 9.84 Å². The molecule has 1 fully saturated rings. The summed E-state index contributed by atoms with van der Waals surface area (Å²) in [7, 11) is 1.55. The number of carbonyl (C=O) groups is 3. The molecule has 1 aromatic carbocycles. The van der Waals surface area contributed by atoms with Crippen LogP contribution in [-0.2, 0) is 9.59 Å². The first-order chi connectivity index (χ1) is 9.51. The van der Waals surface area contributed by atoms with E-state index in [0.29, 0.717) is 10.6 Å². The van der Waals surface area contributed by atoms with E-state index in [1.165, 1.54) is 0 Å². The molecule has 1 N–H and O–H groups in total. The maximum Gasteiger partial charge on any atom is 0.323 e. The zero-order valence-electron chi connectivity index (χ0n) is 10.5. The first-order valence-corrected chi connectivity index (χ1v) is 6.44. The highest BCUT2D eigenvalue weighted by Gasteiger charge is 2.36. The maximum atomic E-state index is 11.9. The van der Waals surface area contributed by atoms with Crippen molar-refractivity contribution in [1.82, 2.24) is 4.90 Å².